The van der Waals surface area contributed by atoms with Crippen molar-refractivity contribution in [2.75, 3.05) is 31.3 Å². The monoisotopic (exact) mass is 256 g/mol. The Morgan fingerprint density at radius 1 is 1.53 bits per heavy atom. The van der Waals surface area contributed by atoms with Crippen LogP contribution in [0.25, 0.3) is 0 Å². The van der Waals surface area contributed by atoms with Crippen molar-refractivity contribution in [3.05, 3.63) is 23.2 Å². The van der Waals surface area contributed by atoms with Crippen molar-refractivity contribution >= 4 is 28.9 Å². The van der Waals surface area contributed by atoms with E-state index in [2.05, 4.69) is 4.74 Å². The molecule has 1 rings (SSSR count). The second kappa shape index (κ2) is 6.35. The number of carbonyl (C=O) groups excluding carboxylic acids is 1. The van der Waals surface area contributed by atoms with Crippen LogP contribution in [-0.2, 0) is 9.53 Å². The van der Waals surface area contributed by atoms with Crippen molar-refractivity contribution < 1.29 is 9.53 Å². The molecule has 0 saturated carbocycles. The summed E-state index contributed by atoms with van der Waals surface area (Å²) in [5, 5.41) is 0.647. The third kappa shape index (κ3) is 4.15. The van der Waals surface area contributed by atoms with Gasteiger partial charge in [-0.05, 0) is 24.6 Å². The molecule has 0 saturated heterocycles. The number of ether oxygens (including phenoxy) is 1. The molecule has 0 aliphatic rings. The van der Waals surface area contributed by atoms with E-state index in [-0.39, 0.29) is 5.97 Å². The Labute approximate surface area is 106 Å². The minimum absolute atomic E-state index is 0.197. The van der Waals surface area contributed by atoms with Crippen LogP contribution in [0, 0.1) is 0 Å². The van der Waals surface area contributed by atoms with Gasteiger partial charge in [-0.3, -0.25) is 4.79 Å². The van der Waals surface area contributed by atoms with Crippen molar-refractivity contribution in [3.8, 4) is 0 Å². The lowest BCUT2D eigenvalue weighted by molar-refractivity contribution is -0.140. The van der Waals surface area contributed by atoms with Crippen molar-refractivity contribution in [2.24, 2.45) is 0 Å². The van der Waals surface area contributed by atoms with E-state index in [1.165, 1.54) is 7.11 Å². The number of nitrogen functional groups attached to an aromatic ring is 1. The van der Waals surface area contributed by atoms with Crippen molar-refractivity contribution in [1.29, 1.82) is 0 Å². The summed E-state index contributed by atoms with van der Waals surface area (Å²) in [6, 6.07) is 5.34. The number of esters is 1. The van der Waals surface area contributed by atoms with E-state index in [9.17, 15) is 4.79 Å². The molecule has 0 bridgehead atoms. The molecule has 0 heterocycles. The maximum atomic E-state index is 11.0. The van der Waals surface area contributed by atoms with Crippen LogP contribution in [0.1, 0.15) is 12.8 Å². The van der Waals surface area contributed by atoms with Crippen molar-refractivity contribution in [1.82, 2.24) is 0 Å². The quantitative estimate of drug-likeness (QED) is 0.649. The van der Waals surface area contributed by atoms with E-state index < -0.39 is 0 Å². The summed E-state index contributed by atoms with van der Waals surface area (Å²) in [6.45, 7) is 0.722. The molecule has 0 fully saturated rings. The summed E-state index contributed by atoms with van der Waals surface area (Å²) in [4.78, 5) is 12.9. The lowest BCUT2D eigenvalue weighted by Gasteiger charge is -2.21. The number of rotatable bonds is 5. The molecule has 0 amide bonds. The lowest BCUT2D eigenvalue weighted by Crippen LogP contribution is -2.20. The molecule has 17 heavy (non-hydrogen) atoms. The summed E-state index contributed by atoms with van der Waals surface area (Å²) < 4.78 is 4.58. The van der Waals surface area contributed by atoms with Crippen LogP contribution in [0.3, 0.4) is 0 Å². The number of methoxy groups -OCH3 is 1. The maximum absolute atomic E-state index is 11.0. The molecule has 0 unspecified atom stereocenters. The summed E-state index contributed by atoms with van der Waals surface area (Å²) in [6.07, 6.45) is 1.12. The van der Waals surface area contributed by atoms with Gasteiger partial charge in [0.2, 0.25) is 0 Å². The number of nitrogens with zero attached hydrogens (tertiary/aromatic N) is 1. The zero-order valence-electron chi connectivity index (χ0n) is 10.1. The molecule has 1 aromatic carbocycles. The van der Waals surface area contributed by atoms with E-state index in [1.54, 1.807) is 12.1 Å². The molecule has 94 valence electrons. The van der Waals surface area contributed by atoms with Gasteiger partial charge in [0.25, 0.3) is 0 Å². The van der Waals surface area contributed by atoms with Gasteiger partial charge in [-0.15, -0.1) is 0 Å². The van der Waals surface area contributed by atoms with Crippen LogP contribution in [0.15, 0.2) is 18.2 Å². The summed E-state index contributed by atoms with van der Waals surface area (Å²) in [5.41, 5.74) is 7.41. The number of anilines is 2. The Kier molecular flexibility index (Phi) is 5.10. The fourth-order valence-corrected chi connectivity index (χ4v) is 1.70. The van der Waals surface area contributed by atoms with Crippen molar-refractivity contribution in [2.45, 2.75) is 12.8 Å². The molecule has 0 aliphatic carbocycles. The van der Waals surface area contributed by atoms with E-state index in [0.29, 0.717) is 17.1 Å². The Balaban J connectivity index is 2.54. The molecular weight excluding hydrogens is 240 g/mol. The van der Waals surface area contributed by atoms with Gasteiger partial charge in [0, 0.05) is 25.0 Å². The number of benzene rings is 1. The SMILES string of the molecule is COC(=O)CCCN(C)c1cc(Cl)ccc1N. The molecular formula is C12H17ClN2O2. The molecule has 0 radical (unpaired) electrons. The lowest BCUT2D eigenvalue weighted by atomic mass is 10.2. The second-order valence-corrected chi connectivity index (χ2v) is 4.24. The fraction of sp³-hybridized carbons (Fsp3) is 0.417. The third-order valence-corrected chi connectivity index (χ3v) is 2.74. The molecule has 0 aliphatic heterocycles. The van der Waals surface area contributed by atoms with Crippen LogP contribution >= 0.6 is 11.6 Å². The maximum Gasteiger partial charge on any atom is 0.305 e. The van der Waals surface area contributed by atoms with Gasteiger partial charge in [0.05, 0.1) is 18.5 Å². The molecule has 2 N–H and O–H groups in total. The van der Waals surface area contributed by atoms with Gasteiger partial charge >= 0.3 is 5.97 Å². The number of halogens is 1. The summed E-state index contributed by atoms with van der Waals surface area (Å²) in [5.74, 6) is -0.197. The first-order valence-electron chi connectivity index (χ1n) is 5.37. The topological polar surface area (TPSA) is 55.6 Å². The van der Waals surface area contributed by atoms with Crippen molar-refractivity contribution in [3.63, 3.8) is 0 Å². The zero-order valence-corrected chi connectivity index (χ0v) is 10.8. The van der Waals surface area contributed by atoms with Gasteiger partial charge in [-0.2, -0.15) is 0 Å². The van der Waals surface area contributed by atoms with E-state index in [4.69, 9.17) is 17.3 Å². The first kappa shape index (κ1) is 13.6. The number of hydrogen-bond donors (Lipinski definition) is 1. The fourth-order valence-electron chi connectivity index (χ4n) is 1.53. The van der Waals surface area contributed by atoms with Gasteiger partial charge in [0.1, 0.15) is 0 Å². The molecule has 4 nitrogen and oxygen atoms in total. The number of carbonyl (C=O) groups is 1. The van der Waals surface area contributed by atoms with Crippen LogP contribution < -0.4 is 10.6 Å². The van der Waals surface area contributed by atoms with Gasteiger partial charge in [-0.1, -0.05) is 11.6 Å². The molecule has 1 aromatic rings. The summed E-state index contributed by atoms with van der Waals surface area (Å²) >= 11 is 5.91. The van der Waals surface area contributed by atoms with Crippen LogP contribution in [-0.4, -0.2) is 26.7 Å². The molecule has 0 aromatic heterocycles. The highest BCUT2D eigenvalue weighted by atomic mass is 35.5. The van der Waals surface area contributed by atoms with E-state index in [0.717, 1.165) is 18.7 Å². The van der Waals surface area contributed by atoms with E-state index in [1.807, 2.05) is 18.0 Å². The number of hydrogen-bond acceptors (Lipinski definition) is 4. The predicted octanol–water partition coefficient (Wildman–Crippen LogP) is 2.31. The Hall–Kier alpha value is -1.42. The zero-order chi connectivity index (χ0) is 12.8. The minimum atomic E-state index is -0.197. The normalized spacial score (nSPS) is 10.1. The first-order chi connectivity index (χ1) is 8.04. The standard InChI is InChI=1S/C12H17ClN2O2/c1-15(7-3-4-12(16)17-2)11-8-9(13)5-6-10(11)14/h5-6,8H,3-4,7,14H2,1-2H3. The average Bonchev–Trinajstić information content (AvgIpc) is 2.31. The van der Waals surface area contributed by atoms with Gasteiger partial charge in [0.15, 0.2) is 0 Å². The van der Waals surface area contributed by atoms with Gasteiger partial charge in [-0.25, -0.2) is 0 Å². The van der Waals surface area contributed by atoms with Crippen LogP contribution in [0.5, 0.6) is 0 Å². The molecule has 0 spiro atoms. The largest absolute Gasteiger partial charge is 0.469 e. The Morgan fingerprint density at radius 3 is 2.88 bits per heavy atom. The highest BCUT2D eigenvalue weighted by Gasteiger charge is 2.07. The van der Waals surface area contributed by atoms with Crippen LogP contribution in [0.2, 0.25) is 5.02 Å². The van der Waals surface area contributed by atoms with Gasteiger partial charge < -0.3 is 15.4 Å². The predicted molar refractivity (Wildman–Crippen MR) is 70.4 cm³/mol. The Bertz CT molecular complexity index is 396. The highest BCUT2D eigenvalue weighted by Crippen LogP contribution is 2.26. The Morgan fingerprint density at radius 2 is 2.24 bits per heavy atom. The average molecular weight is 257 g/mol. The second-order valence-electron chi connectivity index (χ2n) is 3.80. The molecule has 5 heteroatoms. The highest BCUT2D eigenvalue weighted by molar-refractivity contribution is 6.31. The number of nitrogens with two attached hydrogens (primary N) is 1. The smallest absolute Gasteiger partial charge is 0.305 e. The first-order valence-corrected chi connectivity index (χ1v) is 5.75. The molecule has 0 atom stereocenters. The van der Waals surface area contributed by atoms with Crippen LogP contribution in [0.4, 0.5) is 11.4 Å². The third-order valence-electron chi connectivity index (χ3n) is 2.51. The minimum Gasteiger partial charge on any atom is -0.469 e. The van der Waals surface area contributed by atoms with E-state index >= 15 is 0 Å². The summed E-state index contributed by atoms with van der Waals surface area (Å²) in [7, 11) is 3.31.